The van der Waals surface area contributed by atoms with Crippen molar-refractivity contribution in [1.29, 1.82) is 0 Å². The van der Waals surface area contributed by atoms with E-state index < -0.39 is 0 Å². The largest absolute Gasteiger partial charge is 0.312 e. The number of nitrogens with zero attached hydrogens (tertiary/aromatic N) is 2. The van der Waals surface area contributed by atoms with Crippen LogP contribution in [-0.2, 0) is 5.41 Å². The minimum Gasteiger partial charge on any atom is -0.312 e. The van der Waals surface area contributed by atoms with E-state index in [1.807, 2.05) is 0 Å². The quantitative estimate of drug-likeness (QED) is 0.930. The number of nitrogens with one attached hydrogen (secondary N) is 1. The summed E-state index contributed by atoms with van der Waals surface area (Å²) in [7, 11) is 2.05. The Kier molecular flexibility index (Phi) is 3.84. The Balaban J connectivity index is 1.84. The van der Waals surface area contributed by atoms with Gasteiger partial charge in [-0.1, -0.05) is 55.6 Å². The second-order valence-corrected chi connectivity index (χ2v) is 7.70. The number of benzene rings is 1. The van der Waals surface area contributed by atoms with E-state index in [9.17, 15) is 0 Å². The van der Waals surface area contributed by atoms with E-state index in [1.165, 1.54) is 16.9 Å². The van der Waals surface area contributed by atoms with E-state index >= 15 is 0 Å². The first-order valence-electron chi connectivity index (χ1n) is 7.57. The van der Waals surface area contributed by atoms with Crippen LogP contribution in [0, 0.1) is 5.92 Å². The molecule has 0 saturated heterocycles. The molecule has 1 saturated carbocycles. The molecule has 1 fully saturated rings. The van der Waals surface area contributed by atoms with Gasteiger partial charge < -0.3 is 5.32 Å². The fourth-order valence-corrected chi connectivity index (χ4v) is 4.18. The highest BCUT2D eigenvalue weighted by molar-refractivity contribution is 7.05. The summed E-state index contributed by atoms with van der Waals surface area (Å²) in [5.41, 5.74) is 2.65. The summed E-state index contributed by atoms with van der Waals surface area (Å²) in [5, 5.41) is 7.90. The molecule has 1 aromatic carbocycles. The molecule has 3 rings (SSSR count). The predicted octanol–water partition coefficient (Wildman–Crippen LogP) is 3.90. The van der Waals surface area contributed by atoms with Crippen LogP contribution in [0.15, 0.2) is 30.3 Å². The van der Waals surface area contributed by atoms with Gasteiger partial charge in [0.15, 0.2) is 0 Å². The molecule has 3 atom stereocenters. The Morgan fingerprint density at radius 3 is 2.57 bits per heavy atom. The van der Waals surface area contributed by atoms with Crippen molar-refractivity contribution in [1.82, 2.24) is 14.9 Å². The smallest absolute Gasteiger partial charge is 0.0857 e. The summed E-state index contributed by atoms with van der Waals surface area (Å²) in [5.74, 6) is 1.32. The summed E-state index contributed by atoms with van der Waals surface area (Å²) in [6.07, 6.45) is 1.25. The van der Waals surface area contributed by atoms with Gasteiger partial charge in [0.1, 0.15) is 0 Å². The van der Waals surface area contributed by atoms with Gasteiger partial charge in [-0.2, -0.15) is 0 Å². The van der Waals surface area contributed by atoms with Crippen LogP contribution in [-0.4, -0.2) is 16.6 Å². The second-order valence-electron chi connectivity index (χ2n) is 6.92. The molecule has 1 N–H and O–H groups in total. The first kappa shape index (κ1) is 14.7. The first-order valence-corrected chi connectivity index (χ1v) is 8.34. The average Bonchev–Trinajstić information content (AvgIpc) is 3.07. The van der Waals surface area contributed by atoms with Gasteiger partial charge in [-0.25, -0.2) is 0 Å². The van der Waals surface area contributed by atoms with Crippen molar-refractivity contribution < 1.29 is 0 Å². The van der Waals surface area contributed by atoms with Crippen LogP contribution in [0.1, 0.15) is 55.3 Å². The SMILES string of the molecule is CNC(c1snnc1C(C)(C)C)C1CC1c1ccccc1. The molecule has 1 aliphatic rings. The fraction of sp³-hybridized carbons (Fsp3) is 0.529. The van der Waals surface area contributed by atoms with Crippen molar-refractivity contribution in [3.8, 4) is 0 Å². The molecule has 21 heavy (non-hydrogen) atoms. The van der Waals surface area contributed by atoms with Crippen molar-refractivity contribution >= 4 is 11.5 Å². The van der Waals surface area contributed by atoms with Crippen LogP contribution in [0.5, 0.6) is 0 Å². The zero-order chi connectivity index (χ0) is 15.0. The molecule has 4 heteroatoms. The second kappa shape index (κ2) is 5.50. The van der Waals surface area contributed by atoms with Gasteiger partial charge in [-0.05, 0) is 42.4 Å². The molecule has 0 bridgehead atoms. The highest BCUT2D eigenvalue weighted by Gasteiger charge is 2.45. The maximum absolute atomic E-state index is 4.39. The minimum absolute atomic E-state index is 0.0502. The average molecular weight is 301 g/mol. The lowest BCUT2D eigenvalue weighted by Crippen LogP contribution is -2.23. The Labute approximate surface area is 131 Å². The van der Waals surface area contributed by atoms with Gasteiger partial charge in [-0.15, -0.1) is 5.10 Å². The highest BCUT2D eigenvalue weighted by atomic mass is 32.1. The lowest BCUT2D eigenvalue weighted by molar-refractivity contribution is 0.494. The Morgan fingerprint density at radius 1 is 1.24 bits per heavy atom. The van der Waals surface area contributed by atoms with E-state index in [0.29, 0.717) is 17.9 Å². The number of rotatable bonds is 4. The van der Waals surface area contributed by atoms with Crippen LogP contribution >= 0.6 is 11.5 Å². The molecule has 2 aromatic rings. The van der Waals surface area contributed by atoms with Crippen LogP contribution < -0.4 is 5.32 Å². The maximum atomic E-state index is 4.39. The molecule has 0 amide bonds. The Bertz CT molecular complexity index is 600. The highest BCUT2D eigenvalue weighted by Crippen LogP contribution is 2.55. The van der Waals surface area contributed by atoms with Gasteiger partial charge in [0.05, 0.1) is 10.6 Å². The van der Waals surface area contributed by atoms with E-state index in [1.54, 1.807) is 11.5 Å². The van der Waals surface area contributed by atoms with Crippen molar-refractivity contribution in [2.24, 2.45) is 5.92 Å². The summed E-state index contributed by atoms with van der Waals surface area (Å²) in [6.45, 7) is 6.63. The van der Waals surface area contributed by atoms with Crippen molar-refractivity contribution in [3.05, 3.63) is 46.5 Å². The molecule has 0 radical (unpaired) electrons. The zero-order valence-electron chi connectivity index (χ0n) is 13.1. The van der Waals surface area contributed by atoms with Gasteiger partial charge in [0.25, 0.3) is 0 Å². The molecular formula is C17H23N3S. The minimum atomic E-state index is 0.0502. The summed E-state index contributed by atoms with van der Waals surface area (Å²) in [4.78, 5) is 1.31. The maximum Gasteiger partial charge on any atom is 0.0857 e. The van der Waals surface area contributed by atoms with Gasteiger partial charge in [0.2, 0.25) is 0 Å². The standard InChI is InChI=1S/C17H23N3S/c1-17(2,3)16-15(21-20-19-16)14(18-4)13-10-12(13)11-8-6-5-7-9-11/h5-9,12-14,18H,10H2,1-4H3. The zero-order valence-corrected chi connectivity index (χ0v) is 13.9. The van der Waals surface area contributed by atoms with Gasteiger partial charge >= 0.3 is 0 Å². The number of aromatic nitrogens is 2. The van der Waals surface area contributed by atoms with Crippen LogP contribution in [0.4, 0.5) is 0 Å². The van der Waals surface area contributed by atoms with Crippen LogP contribution in [0.3, 0.4) is 0 Å². The van der Waals surface area contributed by atoms with E-state index in [0.717, 1.165) is 5.69 Å². The predicted molar refractivity (Wildman–Crippen MR) is 87.7 cm³/mol. The third-order valence-electron chi connectivity index (χ3n) is 4.31. The molecule has 0 aliphatic heterocycles. The summed E-state index contributed by atoms with van der Waals surface area (Å²) in [6, 6.07) is 11.2. The number of hydrogen-bond acceptors (Lipinski definition) is 4. The normalized spacial score (nSPS) is 23.0. The van der Waals surface area contributed by atoms with Crippen molar-refractivity contribution in [2.75, 3.05) is 7.05 Å². The van der Waals surface area contributed by atoms with Gasteiger partial charge in [0, 0.05) is 11.5 Å². The number of hydrogen-bond donors (Lipinski definition) is 1. The first-order chi connectivity index (χ1) is 10.0. The topological polar surface area (TPSA) is 37.8 Å². The molecular weight excluding hydrogens is 278 g/mol. The monoisotopic (exact) mass is 301 g/mol. The molecule has 112 valence electrons. The third-order valence-corrected chi connectivity index (χ3v) is 5.12. The molecule has 1 heterocycles. The van der Waals surface area contributed by atoms with Gasteiger partial charge in [-0.3, -0.25) is 0 Å². The molecule has 3 nitrogen and oxygen atoms in total. The third kappa shape index (κ3) is 2.87. The summed E-state index contributed by atoms with van der Waals surface area (Å²) < 4.78 is 4.22. The lowest BCUT2D eigenvalue weighted by Gasteiger charge is -2.21. The van der Waals surface area contributed by atoms with E-state index in [4.69, 9.17) is 0 Å². The fourth-order valence-electron chi connectivity index (χ4n) is 3.13. The molecule has 3 unspecified atom stereocenters. The molecule has 1 aliphatic carbocycles. The van der Waals surface area contributed by atoms with Crippen LogP contribution in [0.2, 0.25) is 0 Å². The summed E-state index contributed by atoms with van der Waals surface area (Å²) >= 11 is 1.55. The van der Waals surface area contributed by atoms with E-state index in [-0.39, 0.29) is 5.41 Å². The van der Waals surface area contributed by atoms with Crippen molar-refractivity contribution in [3.63, 3.8) is 0 Å². The molecule has 0 spiro atoms. The Hall–Kier alpha value is -1.26. The van der Waals surface area contributed by atoms with Crippen LogP contribution in [0.25, 0.3) is 0 Å². The van der Waals surface area contributed by atoms with Crippen molar-refractivity contribution in [2.45, 2.75) is 44.6 Å². The molecule has 1 aromatic heterocycles. The lowest BCUT2D eigenvalue weighted by atomic mass is 9.89. The Morgan fingerprint density at radius 2 is 1.95 bits per heavy atom. The van der Waals surface area contributed by atoms with E-state index in [2.05, 4.69) is 73.1 Å².